The van der Waals surface area contributed by atoms with Crippen LogP contribution >= 0.6 is 0 Å². The third-order valence-electron chi connectivity index (χ3n) is 3.84. The van der Waals surface area contributed by atoms with Gasteiger partial charge in [0.15, 0.2) is 11.5 Å². The van der Waals surface area contributed by atoms with Gasteiger partial charge in [-0.15, -0.1) is 0 Å². The fourth-order valence-electron chi connectivity index (χ4n) is 2.39. The Morgan fingerprint density at radius 2 is 1.36 bits per heavy atom. The summed E-state index contributed by atoms with van der Waals surface area (Å²) in [5.74, 6) is 0.0390. The molecule has 25 heavy (non-hydrogen) atoms. The monoisotopic (exact) mass is 348 g/mol. The van der Waals surface area contributed by atoms with Crippen LogP contribution in [0.5, 0.6) is 11.5 Å². The van der Waals surface area contributed by atoms with Gasteiger partial charge in [-0.1, -0.05) is 59.1 Å². The predicted octanol–water partition coefficient (Wildman–Crippen LogP) is 5.68. The third kappa shape index (κ3) is 9.90. The molecule has 140 valence electrons. The lowest BCUT2D eigenvalue weighted by molar-refractivity contribution is -0.137. The van der Waals surface area contributed by atoms with E-state index < -0.39 is 0 Å². The van der Waals surface area contributed by atoms with Gasteiger partial charge in [0.2, 0.25) is 0 Å². The fraction of sp³-hybridized carbons (Fsp3) is 0.619. The Hall–Kier alpha value is -1.84. The summed E-state index contributed by atoms with van der Waals surface area (Å²) < 4.78 is 10.7. The summed E-state index contributed by atoms with van der Waals surface area (Å²) in [5.41, 5.74) is 0.334. The van der Waals surface area contributed by atoms with Crippen LogP contribution in [0.2, 0.25) is 0 Å². The minimum atomic E-state index is -0.299. The zero-order chi connectivity index (χ0) is 18.7. The van der Waals surface area contributed by atoms with Gasteiger partial charge in [0.25, 0.3) is 0 Å². The molecule has 0 aliphatic rings. The number of carbonyl (C=O) groups excluding carboxylic acids is 2. The molecule has 0 bridgehead atoms. The molecule has 0 amide bonds. The first-order valence-corrected chi connectivity index (χ1v) is 9.32. The second-order valence-corrected chi connectivity index (χ2v) is 7.62. The van der Waals surface area contributed by atoms with E-state index >= 15 is 0 Å². The molecule has 0 saturated carbocycles. The number of hydrogen-bond donors (Lipinski definition) is 0. The van der Waals surface area contributed by atoms with Gasteiger partial charge in [0.05, 0.1) is 0 Å². The predicted molar refractivity (Wildman–Crippen MR) is 99.8 cm³/mol. The standard InChI is InChI=1S/C21H32O4/c1-5-6-14-19(22)24-17-12-9-10-13-18(17)25-20(23)15-8-7-11-16-21(2,3)4/h9-10,12-13H,5-8,11,14-16H2,1-4H3. The van der Waals surface area contributed by atoms with Gasteiger partial charge in [-0.2, -0.15) is 0 Å². The first-order chi connectivity index (χ1) is 11.8. The van der Waals surface area contributed by atoms with E-state index in [0.717, 1.165) is 38.5 Å². The Bertz CT molecular complexity index is 543. The fourth-order valence-corrected chi connectivity index (χ4v) is 2.39. The lowest BCUT2D eigenvalue weighted by Crippen LogP contribution is -2.12. The van der Waals surface area contributed by atoms with Crippen LogP contribution in [0.15, 0.2) is 24.3 Å². The Labute approximate surface area is 151 Å². The molecule has 0 N–H and O–H groups in total. The molecule has 0 unspecified atom stereocenters. The molecule has 1 rings (SSSR count). The zero-order valence-electron chi connectivity index (χ0n) is 16.1. The third-order valence-corrected chi connectivity index (χ3v) is 3.84. The number of unbranched alkanes of at least 4 members (excludes halogenated alkanes) is 3. The molecule has 4 nitrogen and oxygen atoms in total. The number of rotatable bonds is 10. The Kier molecular flexibility index (Phi) is 9.25. The van der Waals surface area contributed by atoms with E-state index in [9.17, 15) is 9.59 Å². The molecule has 0 aromatic heterocycles. The first kappa shape index (κ1) is 21.2. The summed E-state index contributed by atoms with van der Waals surface area (Å²) in [6.45, 7) is 8.69. The molecule has 0 aliphatic heterocycles. The van der Waals surface area contributed by atoms with Crippen molar-refractivity contribution in [3.63, 3.8) is 0 Å². The number of para-hydroxylation sites is 2. The number of benzene rings is 1. The zero-order valence-corrected chi connectivity index (χ0v) is 16.1. The maximum atomic E-state index is 12.0. The van der Waals surface area contributed by atoms with E-state index in [1.807, 2.05) is 6.92 Å². The largest absolute Gasteiger partial charge is 0.423 e. The number of hydrogen-bond acceptors (Lipinski definition) is 4. The second kappa shape index (κ2) is 10.9. The molecule has 0 heterocycles. The lowest BCUT2D eigenvalue weighted by atomic mass is 9.89. The van der Waals surface area contributed by atoms with Crippen molar-refractivity contribution in [1.82, 2.24) is 0 Å². The van der Waals surface area contributed by atoms with Gasteiger partial charge in [0, 0.05) is 12.8 Å². The van der Waals surface area contributed by atoms with Crippen molar-refractivity contribution in [2.45, 2.75) is 79.1 Å². The topological polar surface area (TPSA) is 52.6 Å². The number of carbonyl (C=O) groups is 2. The average Bonchev–Trinajstić information content (AvgIpc) is 2.53. The van der Waals surface area contributed by atoms with Crippen molar-refractivity contribution in [3.05, 3.63) is 24.3 Å². The van der Waals surface area contributed by atoms with E-state index in [4.69, 9.17) is 9.47 Å². The van der Waals surface area contributed by atoms with E-state index in [-0.39, 0.29) is 11.9 Å². The minimum absolute atomic E-state index is 0.284. The van der Waals surface area contributed by atoms with E-state index in [0.29, 0.717) is 29.8 Å². The highest BCUT2D eigenvalue weighted by molar-refractivity contribution is 5.76. The Morgan fingerprint density at radius 3 is 1.84 bits per heavy atom. The Balaban J connectivity index is 2.42. The van der Waals surface area contributed by atoms with Gasteiger partial charge in [0.1, 0.15) is 0 Å². The first-order valence-electron chi connectivity index (χ1n) is 9.32. The van der Waals surface area contributed by atoms with Crippen molar-refractivity contribution in [1.29, 1.82) is 0 Å². The molecule has 0 saturated heterocycles. The van der Waals surface area contributed by atoms with Gasteiger partial charge >= 0.3 is 11.9 Å². The molecule has 4 heteroatoms. The maximum Gasteiger partial charge on any atom is 0.311 e. The van der Waals surface area contributed by atoms with Crippen LogP contribution < -0.4 is 9.47 Å². The van der Waals surface area contributed by atoms with Crippen molar-refractivity contribution in [2.24, 2.45) is 5.41 Å². The van der Waals surface area contributed by atoms with E-state index in [1.54, 1.807) is 24.3 Å². The number of esters is 2. The maximum absolute atomic E-state index is 12.0. The highest BCUT2D eigenvalue weighted by Gasteiger charge is 2.13. The van der Waals surface area contributed by atoms with Crippen LogP contribution in [0.3, 0.4) is 0 Å². The summed E-state index contributed by atoms with van der Waals surface area (Å²) in [6.07, 6.45) is 6.56. The van der Waals surface area contributed by atoms with Gasteiger partial charge in [-0.25, -0.2) is 0 Å². The average molecular weight is 348 g/mol. The summed E-state index contributed by atoms with van der Waals surface area (Å²) in [5, 5.41) is 0. The summed E-state index contributed by atoms with van der Waals surface area (Å²) in [7, 11) is 0. The minimum Gasteiger partial charge on any atom is -0.423 e. The smallest absolute Gasteiger partial charge is 0.311 e. The van der Waals surface area contributed by atoms with Gasteiger partial charge < -0.3 is 9.47 Å². The van der Waals surface area contributed by atoms with Crippen molar-refractivity contribution in [2.75, 3.05) is 0 Å². The van der Waals surface area contributed by atoms with E-state index in [1.165, 1.54) is 0 Å². The molecule has 0 spiro atoms. The van der Waals surface area contributed by atoms with Crippen molar-refractivity contribution >= 4 is 11.9 Å². The van der Waals surface area contributed by atoms with Gasteiger partial charge in [-0.3, -0.25) is 9.59 Å². The van der Waals surface area contributed by atoms with Gasteiger partial charge in [-0.05, 0) is 36.8 Å². The second-order valence-electron chi connectivity index (χ2n) is 7.62. The number of ether oxygens (including phenoxy) is 2. The van der Waals surface area contributed by atoms with Crippen LogP contribution in [0.4, 0.5) is 0 Å². The lowest BCUT2D eigenvalue weighted by Gasteiger charge is -2.17. The highest BCUT2D eigenvalue weighted by Crippen LogP contribution is 2.28. The molecular formula is C21H32O4. The highest BCUT2D eigenvalue weighted by atomic mass is 16.6. The summed E-state index contributed by atoms with van der Waals surface area (Å²) in [6, 6.07) is 6.82. The molecular weight excluding hydrogens is 316 g/mol. The summed E-state index contributed by atoms with van der Waals surface area (Å²) >= 11 is 0. The Morgan fingerprint density at radius 1 is 0.840 bits per heavy atom. The van der Waals surface area contributed by atoms with Crippen LogP contribution in [-0.4, -0.2) is 11.9 Å². The normalized spacial score (nSPS) is 11.2. The van der Waals surface area contributed by atoms with Crippen LogP contribution in [0.25, 0.3) is 0 Å². The molecule has 0 radical (unpaired) electrons. The molecule has 0 atom stereocenters. The molecule has 1 aromatic rings. The molecule has 0 fully saturated rings. The van der Waals surface area contributed by atoms with Crippen molar-refractivity contribution < 1.29 is 19.1 Å². The molecule has 0 aliphatic carbocycles. The quantitative estimate of drug-likeness (QED) is 0.310. The van der Waals surface area contributed by atoms with Crippen LogP contribution in [0.1, 0.15) is 79.1 Å². The SMILES string of the molecule is CCCCC(=O)Oc1ccccc1OC(=O)CCCCCC(C)(C)C. The van der Waals surface area contributed by atoms with Crippen LogP contribution in [-0.2, 0) is 9.59 Å². The van der Waals surface area contributed by atoms with E-state index in [2.05, 4.69) is 20.8 Å². The molecule has 1 aromatic carbocycles. The summed E-state index contributed by atoms with van der Waals surface area (Å²) in [4.78, 5) is 23.8. The van der Waals surface area contributed by atoms with Crippen molar-refractivity contribution in [3.8, 4) is 11.5 Å². The van der Waals surface area contributed by atoms with Crippen LogP contribution in [0, 0.1) is 5.41 Å².